The minimum atomic E-state index is -4.02. The molecule has 28 heavy (non-hydrogen) atoms. The van der Waals surface area contributed by atoms with Gasteiger partial charge in [0.05, 0.1) is 5.75 Å². The van der Waals surface area contributed by atoms with E-state index in [0.29, 0.717) is 6.54 Å². The first kappa shape index (κ1) is 27.4. The molecule has 0 aromatic heterocycles. The molecule has 1 N–H and O–H groups in total. The van der Waals surface area contributed by atoms with E-state index in [9.17, 15) is 13.2 Å². The molecule has 0 saturated carbocycles. The summed E-state index contributed by atoms with van der Waals surface area (Å²) in [6.07, 6.45) is 7.70. The van der Waals surface area contributed by atoms with Gasteiger partial charge in [-0.1, -0.05) is 75.8 Å². The maximum atomic E-state index is 12.4. The summed E-state index contributed by atoms with van der Waals surface area (Å²) in [6, 6.07) is 9.42. The Hall–Kier alpha value is -0.600. The Morgan fingerprint density at radius 2 is 1.57 bits per heavy atom. The molecular weight excluding hydrogens is 389 g/mol. The third-order valence-corrected chi connectivity index (χ3v) is 5.13. The maximum Gasteiger partial charge on any atom is 1.00 e. The second kappa shape index (κ2) is 16.2. The van der Waals surface area contributed by atoms with E-state index in [2.05, 4.69) is 6.92 Å². The van der Waals surface area contributed by atoms with Crippen molar-refractivity contribution < 1.29 is 53.5 Å². The van der Waals surface area contributed by atoms with Crippen LogP contribution in [0, 0.1) is 0 Å². The van der Waals surface area contributed by atoms with Crippen LogP contribution in [0.15, 0.2) is 30.3 Å². The molecule has 0 atom stereocenters. The van der Waals surface area contributed by atoms with E-state index >= 15 is 0 Å². The minimum absolute atomic E-state index is 0. The summed E-state index contributed by atoms with van der Waals surface area (Å²) in [5, 5.41) is 0. The Morgan fingerprint density at radius 1 is 1.00 bits per heavy atom. The van der Waals surface area contributed by atoms with Crippen molar-refractivity contribution in [3.63, 3.8) is 0 Å². The van der Waals surface area contributed by atoms with E-state index in [0.717, 1.165) is 24.8 Å². The summed E-state index contributed by atoms with van der Waals surface area (Å²) in [6.45, 7) is 3.16. The number of benzene rings is 1. The molecule has 0 aliphatic heterocycles. The van der Waals surface area contributed by atoms with Gasteiger partial charge in [0.15, 0.2) is 0 Å². The number of carbonyl (C=O) groups is 1. The van der Waals surface area contributed by atoms with Gasteiger partial charge in [0.1, 0.15) is 6.61 Å². The molecule has 0 saturated heterocycles. The van der Waals surface area contributed by atoms with Gasteiger partial charge in [0.2, 0.25) is 0 Å². The number of rotatable bonds is 14. The fourth-order valence-corrected chi connectivity index (χ4v) is 3.30. The largest absolute Gasteiger partial charge is 1.00 e. The van der Waals surface area contributed by atoms with Crippen LogP contribution in [0.5, 0.6) is 0 Å². The van der Waals surface area contributed by atoms with Crippen molar-refractivity contribution >= 4 is 16.2 Å². The van der Waals surface area contributed by atoms with E-state index in [1.807, 2.05) is 30.3 Å². The van der Waals surface area contributed by atoms with Gasteiger partial charge in [-0.15, -0.1) is 0 Å². The second-order valence-electron chi connectivity index (χ2n) is 6.79. The normalized spacial score (nSPS) is 10.9. The molecule has 8 heteroatoms. The molecule has 1 aromatic carbocycles. The first-order valence-electron chi connectivity index (χ1n) is 9.83. The van der Waals surface area contributed by atoms with Crippen molar-refractivity contribution in [2.45, 2.75) is 64.9 Å². The van der Waals surface area contributed by atoms with Crippen molar-refractivity contribution in [1.29, 1.82) is 0 Å². The molecule has 0 fully saturated rings. The smallest absolute Gasteiger partial charge is 1.00 e. The van der Waals surface area contributed by atoms with Crippen LogP contribution < -0.4 is 29.6 Å². The third kappa shape index (κ3) is 14.4. The van der Waals surface area contributed by atoms with Gasteiger partial charge in [-0.05, 0) is 18.4 Å². The van der Waals surface area contributed by atoms with E-state index in [1.54, 1.807) is 4.90 Å². The van der Waals surface area contributed by atoms with Crippen LogP contribution in [0.25, 0.3) is 0 Å². The molecule has 0 aliphatic carbocycles. The van der Waals surface area contributed by atoms with Crippen molar-refractivity contribution in [3.8, 4) is 0 Å². The van der Waals surface area contributed by atoms with Crippen LogP contribution >= 0.6 is 0 Å². The van der Waals surface area contributed by atoms with Crippen molar-refractivity contribution in [1.82, 2.24) is 4.90 Å². The zero-order chi connectivity index (χ0) is 20.0. The summed E-state index contributed by atoms with van der Waals surface area (Å²) >= 11 is 0. The summed E-state index contributed by atoms with van der Waals surface area (Å²) < 4.78 is 36.0. The van der Waals surface area contributed by atoms with Gasteiger partial charge in [0.25, 0.3) is 10.1 Å². The van der Waals surface area contributed by atoms with E-state index in [4.69, 9.17) is 9.29 Å². The Balaban J connectivity index is 0. The summed E-state index contributed by atoms with van der Waals surface area (Å²) in [4.78, 5) is 13.9. The molecule has 6 nitrogen and oxygen atoms in total. The van der Waals surface area contributed by atoms with Gasteiger partial charge in [-0.25, -0.2) is 4.79 Å². The standard InChI is InChI=1S/C20H33NO5S.Na.H/c1-2-3-4-5-6-7-11-15-21(16-12-17-27(23,24)25)20(22)26-18-19-13-9-8-10-14-19;;/h8-10,13-14H,2-7,11-12,15-18H2,1H3,(H,23,24,25);;/q;+1;-1. The number of hydrogen-bond acceptors (Lipinski definition) is 4. The summed E-state index contributed by atoms with van der Waals surface area (Å²) in [5.74, 6) is -0.355. The first-order chi connectivity index (χ1) is 12.9. The molecule has 0 spiro atoms. The third-order valence-electron chi connectivity index (χ3n) is 4.33. The van der Waals surface area contributed by atoms with Crippen LogP contribution in [0.1, 0.15) is 65.3 Å². The van der Waals surface area contributed by atoms with Crippen LogP contribution in [-0.4, -0.2) is 42.8 Å². The molecule has 0 heterocycles. The van der Waals surface area contributed by atoms with Gasteiger partial charge < -0.3 is 11.1 Å². The predicted octanol–water partition coefficient (Wildman–Crippen LogP) is 1.77. The first-order valence-corrected chi connectivity index (χ1v) is 11.4. The van der Waals surface area contributed by atoms with E-state index < -0.39 is 16.2 Å². The molecule has 0 bridgehead atoms. The Kier molecular flexibility index (Phi) is 15.9. The SMILES string of the molecule is CCCCCCCCCN(CCCS(=O)(=O)O)C(=O)OCc1ccccc1.[H-].[Na+]. The molecule has 0 unspecified atom stereocenters. The number of hydrogen-bond donors (Lipinski definition) is 1. The molecule has 1 aromatic rings. The fourth-order valence-electron chi connectivity index (χ4n) is 2.80. The monoisotopic (exact) mass is 423 g/mol. The molecule has 1 amide bonds. The number of amides is 1. The van der Waals surface area contributed by atoms with E-state index in [-0.39, 0.29) is 56.3 Å². The number of ether oxygens (including phenoxy) is 1. The maximum absolute atomic E-state index is 12.4. The summed E-state index contributed by atoms with van der Waals surface area (Å²) in [5.41, 5.74) is 0.902. The van der Waals surface area contributed by atoms with Gasteiger partial charge in [0, 0.05) is 13.1 Å². The number of unbranched alkanes of at least 4 members (excludes halogenated alkanes) is 6. The zero-order valence-electron chi connectivity index (χ0n) is 18.3. The zero-order valence-corrected chi connectivity index (χ0v) is 20.1. The van der Waals surface area contributed by atoms with E-state index in [1.165, 1.54) is 25.7 Å². The molecule has 0 radical (unpaired) electrons. The average molecular weight is 424 g/mol. The second-order valence-corrected chi connectivity index (χ2v) is 8.36. The minimum Gasteiger partial charge on any atom is -1.00 e. The predicted molar refractivity (Wildman–Crippen MR) is 108 cm³/mol. The van der Waals surface area contributed by atoms with Gasteiger partial charge >= 0.3 is 35.7 Å². The van der Waals surface area contributed by atoms with Crippen molar-refractivity contribution in [3.05, 3.63) is 35.9 Å². The van der Waals surface area contributed by atoms with Crippen LogP contribution in [-0.2, 0) is 21.5 Å². The Bertz CT molecular complexity index is 631. The summed E-state index contributed by atoms with van der Waals surface area (Å²) in [7, 11) is -4.02. The molecular formula is C20H34NNaO5S. The topological polar surface area (TPSA) is 83.9 Å². The quantitative estimate of drug-likeness (QED) is 0.280. The van der Waals surface area contributed by atoms with Gasteiger partial charge in [-0.3, -0.25) is 4.55 Å². The van der Waals surface area contributed by atoms with Crippen LogP contribution in [0.3, 0.4) is 0 Å². The number of carbonyl (C=O) groups excluding carboxylic acids is 1. The average Bonchev–Trinajstić information content (AvgIpc) is 2.64. The van der Waals surface area contributed by atoms with Crippen molar-refractivity contribution in [2.75, 3.05) is 18.8 Å². The van der Waals surface area contributed by atoms with Gasteiger partial charge in [-0.2, -0.15) is 8.42 Å². The molecule has 1 rings (SSSR count). The molecule has 156 valence electrons. The Morgan fingerprint density at radius 3 is 2.18 bits per heavy atom. The van der Waals surface area contributed by atoms with Crippen LogP contribution in [0.4, 0.5) is 4.79 Å². The van der Waals surface area contributed by atoms with Crippen molar-refractivity contribution in [2.24, 2.45) is 0 Å². The number of nitrogens with zero attached hydrogens (tertiary/aromatic N) is 1. The van der Waals surface area contributed by atoms with Crippen LogP contribution in [0.2, 0.25) is 0 Å². The Labute approximate surface area is 193 Å². The molecule has 0 aliphatic rings. The fraction of sp³-hybridized carbons (Fsp3) is 0.650.